The first kappa shape index (κ1) is 16.3. The van der Waals surface area contributed by atoms with Crippen molar-refractivity contribution in [2.75, 3.05) is 37.8 Å². The van der Waals surface area contributed by atoms with Crippen molar-refractivity contribution in [1.82, 2.24) is 8.96 Å². The van der Waals surface area contributed by atoms with Gasteiger partial charge < -0.3 is 14.4 Å². The van der Waals surface area contributed by atoms with Crippen LogP contribution in [-0.2, 0) is 20.7 Å². The number of aryl methyl sites for hydroxylation is 1. The van der Waals surface area contributed by atoms with Gasteiger partial charge in [0.2, 0.25) is 0 Å². The van der Waals surface area contributed by atoms with E-state index < -0.39 is 5.56 Å². The van der Waals surface area contributed by atoms with Gasteiger partial charge in [0.1, 0.15) is 0 Å². The predicted octanol–water partition coefficient (Wildman–Crippen LogP) is 0.956. The molecule has 7 nitrogen and oxygen atoms in total. The first-order valence-electron chi connectivity index (χ1n) is 7.47. The van der Waals surface area contributed by atoms with Crippen LogP contribution in [0.4, 0.5) is 9.70 Å². The summed E-state index contributed by atoms with van der Waals surface area (Å²) in [4.78, 5) is 29.8. The van der Waals surface area contributed by atoms with E-state index in [-0.39, 0.29) is 36.0 Å². The van der Waals surface area contributed by atoms with Crippen LogP contribution >= 0.6 is 12.3 Å². The van der Waals surface area contributed by atoms with Gasteiger partial charge in [0.25, 0.3) is 0 Å². The normalized spacial score (nSPS) is 18.4. The van der Waals surface area contributed by atoms with E-state index in [2.05, 4.69) is 4.98 Å². The predicted molar refractivity (Wildman–Crippen MR) is 83.0 cm³/mol. The molecule has 0 atom stereocenters. The number of aromatic nitrogens is 2. The summed E-state index contributed by atoms with van der Waals surface area (Å²) in [5.74, 6) is -0.106. The summed E-state index contributed by atoms with van der Waals surface area (Å²) in [6.45, 7) is 4.81. The maximum atomic E-state index is 13.0. The molecule has 2 aliphatic rings. The highest BCUT2D eigenvalue weighted by Gasteiger charge is 2.50. The second-order valence-electron chi connectivity index (χ2n) is 5.91. The molecule has 2 aliphatic heterocycles. The summed E-state index contributed by atoms with van der Waals surface area (Å²) in [5.41, 5.74) is 0.138. The third-order valence-electron chi connectivity index (χ3n) is 4.04. The topological polar surface area (TPSA) is 73.7 Å². The summed E-state index contributed by atoms with van der Waals surface area (Å²) in [6, 6.07) is 0. The third-order valence-corrected chi connectivity index (χ3v) is 4.46. The fraction of sp³-hybridized carbons (Fsp3) is 0.643. The van der Waals surface area contributed by atoms with Gasteiger partial charge in [-0.2, -0.15) is 0 Å². The van der Waals surface area contributed by atoms with E-state index in [1.54, 1.807) is 6.92 Å². The van der Waals surface area contributed by atoms with Gasteiger partial charge in [0.05, 0.1) is 37.4 Å². The summed E-state index contributed by atoms with van der Waals surface area (Å²) >= 11 is -0.163. The molecule has 2 saturated heterocycles. The van der Waals surface area contributed by atoms with Gasteiger partial charge in [-0.15, -0.1) is 3.89 Å². The minimum Gasteiger partial charge on any atom is -0.466 e. The van der Waals surface area contributed by atoms with Crippen molar-refractivity contribution in [2.24, 2.45) is 5.41 Å². The minimum atomic E-state index is -0.479. The lowest BCUT2D eigenvalue weighted by molar-refractivity contribution is -0.143. The second kappa shape index (κ2) is 6.48. The van der Waals surface area contributed by atoms with Crippen molar-refractivity contribution < 1.29 is 18.2 Å². The molecule has 2 fully saturated rings. The molecule has 0 amide bonds. The smallest absolute Gasteiger partial charge is 0.306 e. The number of esters is 1. The number of anilines is 1. The van der Waals surface area contributed by atoms with Crippen molar-refractivity contribution in [1.29, 1.82) is 0 Å². The van der Waals surface area contributed by atoms with Crippen LogP contribution in [0.5, 0.6) is 0 Å². The van der Waals surface area contributed by atoms with E-state index in [9.17, 15) is 13.5 Å². The maximum Gasteiger partial charge on any atom is 0.306 e. The van der Waals surface area contributed by atoms with E-state index in [4.69, 9.17) is 9.47 Å². The first-order valence-corrected chi connectivity index (χ1v) is 8.14. The van der Waals surface area contributed by atoms with Gasteiger partial charge >= 0.3 is 11.5 Å². The monoisotopic (exact) mass is 343 g/mol. The Morgan fingerprint density at radius 3 is 2.83 bits per heavy atom. The lowest BCUT2D eigenvalue weighted by Crippen LogP contribution is -2.67. The Hall–Kier alpha value is -1.61. The highest BCUT2D eigenvalue weighted by atomic mass is 32.2. The number of hydrogen-bond donors (Lipinski definition) is 0. The summed E-state index contributed by atoms with van der Waals surface area (Å²) in [6.07, 6.45) is 1.78. The second-order valence-corrected chi connectivity index (χ2v) is 6.44. The van der Waals surface area contributed by atoms with Crippen molar-refractivity contribution in [3.63, 3.8) is 0 Å². The number of nitrogens with zero attached hydrogens (tertiary/aromatic N) is 3. The zero-order valence-corrected chi connectivity index (χ0v) is 13.6. The van der Waals surface area contributed by atoms with E-state index in [0.717, 1.165) is 3.97 Å². The molecule has 9 heteroatoms. The highest BCUT2D eigenvalue weighted by Crippen LogP contribution is 2.38. The summed E-state index contributed by atoms with van der Waals surface area (Å²) in [7, 11) is 0. The largest absolute Gasteiger partial charge is 0.466 e. The number of hydrogen-bond acceptors (Lipinski definition) is 7. The van der Waals surface area contributed by atoms with Crippen LogP contribution in [0, 0.1) is 5.41 Å². The summed E-state index contributed by atoms with van der Waals surface area (Å²) < 4.78 is 24.0. The molecule has 0 unspecified atom stereocenters. The van der Waals surface area contributed by atoms with Gasteiger partial charge in [0, 0.05) is 25.7 Å². The Morgan fingerprint density at radius 2 is 2.26 bits per heavy atom. The molecule has 1 spiro atoms. The Labute approximate surface area is 137 Å². The van der Waals surface area contributed by atoms with Crippen molar-refractivity contribution >= 4 is 24.1 Å². The minimum absolute atomic E-state index is 0.128. The van der Waals surface area contributed by atoms with Crippen LogP contribution in [0.1, 0.15) is 19.0 Å². The number of ether oxygens (including phenoxy) is 2. The molecule has 1 aromatic rings. The van der Waals surface area contributed by atoms with Crippen LogP contribution in [0.15, 0.2) is 11.0 Å². The van der Waals surface area contributed by atoms with Gasteiger partial charge in [-0.3, -0.25) is 9.59 Å². The molecule has 3 heterocycles. The van der Waals surface area contributed by atoms with E-state index in [1.165, 1.54) is 6.20 Å². The van der Waals surface area contributed by atoms with Crippen molar-refractivity contribution in [3.05, 3.63) is 22.2 Å². The van der Waals surface area contributed by atoms with Gasteiger partial charge in [-0.25, -0.2) is 8.96 Å². The lowest BCUT2D eigenvalue weighted by Gasteiger charge is -2.55. The zero-order valence-electron chi connectivity index (χ0n) is 12.8. The molecule has 1 aromatic heterocycles. The fourth-order valence-corrected chi connectivity index (χ4v) is 3.14. The standard InChI is InChI=1S/C14H18FN3O4S/c1-2-22-11(19)4-3-10-5-18(23-15)13(20)12(16-10)17-6-14(7-17)8-21-9-14/h5H,2-4,6-9H2,1H3. The Balaban J connectivity index is 1.74. The molecule has 0 radical (unpaired) electrons. The Bertz CT molecular complexity index is 654. The average Bonchev–Trinajstić information content (AvgIpc) is 2.44. The molecule has 0 saturated carbocycles. The Kier molecular flexibility index (Phi) is 4.58. The van der Waals surface area contributed by atoms with Crippen LogP contribution in [0.25, 0.3) is 0 Å². The van der Waals surface area contributed by atoms with Crippen LogP contribution in [-0.4, -0.2) is 47.8 Å². The number of carbonyl (C=O) groups is 1. The van der Waals surface area contributed by atoms with Gasteiger partial charge in [-0.05, 0) is 6.92 Å². The molecular formula is C14H18FN3O4S. The molecule has 0 N–H and O–H groups in total. The van der Waals surface area contributed by atoms with E-state index in [1.807, 2.05) is 4.90 Å². The number of rotatable bonds is 6. The summed E-state index contributed by atoms with van der Waals surface area (Å²) in [5, 5.41) is 0. The van der Waals surface area contributed by atoms with Crippen molar-refractivity contribution in [2.45, 2.75) is 19.8 Å². The molecule has 3 rings (SSSR count). The number of halogens is 1. The molecule has 0 aromatic carbocycles. The molecule has 126 valence electrons. The van der Waals surface area contributed by atoms with Gasteiger partial charge in [0.15, 0.2) is 18.2 Å². The first-order chi connectivity index (χ1) is 11.1. The van der Waals surface area contributed by atoms with Crippen molar-refractivity contribution in [3.8, 4) is 0 Å². The Morgan fingerprint density at radius 1 is 1.52 bits per heavy atom. The average molecular weight is 343 g/mol. The van der Waals surface area contributed by atoms with Gasteiger partial charge in [-0.1, -0.05) is 0 Å². The fourth-order valence-electron chi connectivity index (χ4n) is 2.83. The molecular weight excluding hydrogens is 325 g/mol. The number of carbonyl (C=O) groups excluding carboxylic acids is 1. The molecule has 0 bridgehead atoms. The molecule has 23 heavy (non-hydrogen) atoms. The maximum absolute atomic E-state index is 13.0. The zero-order chi connectivity index (χ0) is 16.4. The third kappa shape index (κ3) is 3.20. The van der Waals surface area contributed by atoms with E-state index >= 15 is 0 Å². The van der Waals surface area contributed by atoms with Crippen LogP contribution in [0.2, 0.25) is 0 Å². The van der Waals surface area contributed by atoms with Crippen LogP contribution < -0.4 is 10.5 Å². The SMILES string of the molecule is CCOC(=O)CCc1cn(SF)c(=O)c(N2CC3(COC3)C2)n1. The quantitative estimate of drug-likeness (QED) is 0.712. The molecule has 0 aliphatic carbocycles. The van der Waals surface area contributed by atoms with E-state index in [0.29, 0.717) is 45.0 Å². The lowest BCUT2D eigenvalue weighted by atomic mass is 9.78. The highest BCUT2D eigenvalue weighted by molar-refractivity contribution is 7.92. The van der Waals surface area contributed by atoms with Crippen LogP contribution in [0.3, 0.4) is 0 Å².